The highest BCUT2D eigenvalue weighted by Crippen LogP contribution is 2.25. The molecule has 3 aromatic rings. The van der Waals surface area contributed by atoms with E-state index in [0.29, 0.717) is 22.7 Å². The van der Waals surface area contributed by atoms with Crippen molar-refractivity contribution >= 4 is 29.3 Å². The summed E-state index contributed by atoms with van der Waals surface area (Å²) in [4.78, 5) is 14.0. The van der Waals surface area contributed by atoms with Crippen molar-refractivity contribution in [3.63, 3.8) is 0 Å². The van der Waals surface area contributed by atoms with Crippen molar-refractivity contribution in [3.8, 4) is 11.5 Å². The molecule has 1 aromatic heterocycles. The number of thioether (sulfide) groups is 1. The van der Waals surface area contributed by atoms with Crippen molar-refractivity contribution < 1.29 is 9.21 Å². The summed E-state index contributed by atoms with van der Waals surface area (Å²) in [6.45, 7) is 4.55. The topological polar surface area (TPSA) is 59.2 Å². The average Bonchev–Trinajstić information content (AvgIpc) is 3.08. The Morgan fingerprint density at radius 1 is 1.15 bits per heavy atom. The summed E-state index contributed by atoms with van der Waals surface area (Å²) in [5, 5.41) is 9.17. The Labute approximate surface area is 167 Å². The number of aromatic nitrogens is 2. The number of halogens is 1. The molecule has 0 radical (unpaired) electrons. The molecule has 0 unspecified atom stereocenters. The zero-order chi connectivity index (χ0) is 19.4. The maximum absolute atomic E-state index is 12.4. The molecule has 0 saturated carbocycles. The Bertz CT molecular complexity index is 938. The molecule has 7 heteroatoms. The van der Waals surface area contributed by atoms with Crippen LogP contribution >= 0.6 is 23.4 Å². The number of hydrogen-bond acceptors (Lipinski definition) is 5. The van der Waals surface area contributed by atoms with Crippen molar-refractivity contribution in [3.05, 3.63) is 64.2 Å². The SMILES string of the molecule is Cc1cc(C)cc(-c2nnc(SCC(=O)N(C)Cc3cccc(Cl)c3)o2)c1. The summed E-state index contributed by atoms with van der Waals surface area (Å²) < 4.78 is 5.70. The van der Waals surface area contributed by atoms with Crippen LogP contribution in [0.2, 0.25) is 5.02 Å². The third kappa shape index (κ3) is 5.34. The molecule has 0 bridgehead atoms. The number of nitrogens with zero attached hydrogens (tertiary/aromatic N) is 3. The minimum Gasteiger partial charge on any atom is -0.411 e. The lowest BCUT2D eigenvalue weighted by Crippen LogP contribution is -2.27. The molecule has 1 heterocycles. The van der Waals surface area contributed by atoms with Gasteiger partial charge in [-0.2, -0.15) is 0 Å². The quantitative estimate of drug-likeness (QED) is 0.557. The summed E-state index contributed by atoms with van der Waals surface area (Å²) in [5.74, 6) is 0.668. The van der Waals surface area contributed by atoms with Crippen molar-refractivity contribution in [2.75, 3.05) is 12.8 Å². The molecule has 3 rings (SSSR count). The number of amides is 1. The van der Waals surface area contributed by atoms with Crippen LogP contribution in [0.4, 0.5) is 0 Å². The molecule has 0 fully saturated rings. The van der Waals surface area contributed by atoms with E-state index in [1.165, 1.54) is 11.8 Å². The minimum absolute atomic E-state index is 0.0221. The molecule has 0 atom stereocenters. The van der Waals surface area contributed by atoms with Gasteiger partial charge in [-0.15, -0.1) is 10.2 Å². The predicted octanol–water partition coefficient (Wildman–Crippen LogP) is 4.76. The lowest BCUT2D eigenvalue weighted by atomic mass is 10.1. The Morgan fingerprint density at radius 2 is 1.89 bits per heavy atom. The summed E-state index contributed by atoms with van der Waals surface area (Å²) >= 11 is 7.22. The van der Waals surface area contributed by atoms with Gasteiger partial charge >= 0.3 is 0 Å². The Kier molecular flexibility index (Phi) is 6.19. The molecule has 5 nitrogen and oxygen atoms in total. The van der Waals surface area contributed by atoms with E-state index in [1.54, 1.807) is 11.9 Å². The van der Waals surface area contributed by atoms with Crippen molar-refractivity contribution in [1.29, 1.82) is 0 Å². The van der Waals surface area contributed by atoms with E-state index >= 15 is 0 Å². The van der Waals surface area contributed by atoms with E-state index < -0.39 is 0 Å². The minimum atomic E-state index is -0.0221. The highest BCUT2D eigenvalue weighted by atomic mass is 35.5. The number of hydrogen-bond donors (Lipinski definition) is 0. The first-order chi connectivity index (χ1) is 12.9. The normalized spacial score (nSPS) is 10.8. The molecule has 2 aromatic carbocycles. The van der Waals surface area contributed by atoms with Crippen molar-refractivity contribution in [2.24, 2.45) is 0 Å². The number of rotatable bonds is 6. The van der Waals surface area contributed by atoms with E-state index in [4.69, 9.17) is 16.0 Å². The second-order valence-corrected chi connectivity index (χ2v) is 7.78. The molecule has 1 amide bonds. The molecular weight excluding hydrogens is 382 g/mol. The van der Waals surface area contributed by atoms with Crippen LogP contribution in [0, 0.1) is 13.8 Å². The van der Waals surface area contributed by atoms with Crippen LogP contribution in [0.15, 0.2) is 52.1 Å². The molecule has 140 valence electrons. The molecule has 27 heavy (non-hydrogen) atoms. The van der Waals surface area contributed by atoms with E-state index in [9.17, 15) is 4.79 Å². The first kappa shape index (κ1) is 19.5. The average molecular weight is 402 g/mol. The fraction of sp³-hybridized carbons (Fsp3) is 0.250. The second kappa shape index (κ2) is 8.59. The second-order valence-electron chi connectivity index (χ2n) is 6.42. The zero-order valence-electron chi connectivity index (χ0n) is 15.4. The highest BCUT2D eigenvalue weighted by Gasteiger charge is 2.14. The smallest absolute Gasteiger partial charge is 0.277 e. The summed E-state index contributed by atoms with van der Waals surface area (Å²) in [7, 11) is 1.76. The van der Waals surface area contributed by atoms with Gasteiger partial charge in [0.25, 0.3) is 5.22 Å². The third-order valence-corrected chi connectivity index (χ3v) is 4.97. The first-order valence-corrected chi connectivity index (χ1v) is 9.80. The fourth-order valence-electron chi connectivity index (χ4n) is 2.71. The summed E-state index contributed by atoms with van der Waals surface area (Å²) in [6, 6.07) is 13.6. The predicted molar refractivity (Wildman–Crippen MR) is 108 cm³/mol. The van der Waals surface area contributed by atoms with Crippen LogP contribution in [0.25, 0.3) is 11.5 Å². The molecule has 0 aliphatic carbocycles. The maximum Gasteiger partial charge on any atom is 0.277 e. The molecule has 0 spiro atoms. The van der Waals surface area contributed by atoms with Gasteiger partial charge < -0.3 is 9.32 Å². The highest BCUT2D eigenvalue weighted by molar-refractivity contribution is 7.99. The molecular formula is C20H20ClN3O2S. The van der Waals surface area contributed by atoms with Crippen LogP contribution < -0.4 is 0 Å². The van der Waals surface area contributed by atoms with Gasteiger partial charge in [-0.3, -0.25) is 4.79 Å². The molecule has 0 saturated heterocycles. The molecule has 0 aliphatic rings. The standard InChI is InChI=1S/C20H20ClN3O2S/c1-13-7-14(2)9-16(8-13)19-22-23-20(26-19)27-12-18(25)24(3)11-15-5-4-6-17(21)10-15/h4-10H,11-12H2,1-3H3. The number of benzene rings is 2. The van der Waals surface area contributed by atoms with E-state index in [0.717, 1.165) is 22.3 Å². The van der Waals surface area contributed by atoms with E-state index in [2.05, 4.69) is 16.3 Å². The summed E-state index contributed by atoms with van der Waals surface area (Å²) in [5.41, 5.74) is 4.14. The van der Waals surface area contributed by atoms with Crippen LogP contribution in [0.1, 0.15) is 16.7 Å². The first-order valence-electron chi connectivity index (χ1n) is 8.44. The van der Waals surface area contributed by atoms with Gasteiger partial charge in [-0.05, 0) is 43.7 Å². The Morgan fingerprint density at radius 3 is 2.59 bits per heavy atom. The van der Waals surface area contributed by atoms with Crippen LogP contribution in [-0.4, -0.2) is 33.8 Å². The number of carbonyl (C=O) groups is 1. The van der Waals surface area contributed by atoms with Crippen molar-refractivity contribution in [2.45, 2.75) is 25.6 Å². The number of aryl methyl sites for hydroxylation is 2. The lowest BCUT2D eigenvalue weighted by Gasteiger charge is -2.16. The number of carbonyl (C=O) groups excluding carboxylic acids is 1. The van der Waals surface area contributed by atoms with E-state index in [-0.39, 0.29) is 11.7 Å². The van der Waals surface area contributed by atoms with E-state index in [1.807, 2.05) is 50.2 Å². The van der Waals surface area contributed by atoms with Crippen LogP contribution in [-0.2, 0) is 11.3 Å². The maximum atomic E-state index is 12.4. The molecule has 0 N–H and O–H groups in total. The van der Waals surface area contributed by atoms with Gasteiger partial charge in [0, 0.05) is 24.2 Å². The molecule has 0 aliphatic heterocycles. The van der Waals surface area contributed by atoms with Gasteiger partial charge in [0.15, 0.2) is 0 Å². The van der Waals surface area contributed by atoms with Gasteiger partial charge in [0.05, 0.1) is 5.75 Å². The Balaban J connectivity index is 1.58. The zero-order valence-corrected chi connectivity index (χ0v) is 17.0. The van der Waals surface area contributed by atoms with Gasteiger partial charge in [-0.25, -0.2) is 0 Å². The van der Waals surface area contributed by atoms with Crippen molar-refractivity contribution in [1.82, 2.24) is 15.1 Å². The lowest BCUT2D eigenvalue weighted by molar-refractivity contribution is -0.127. The van der Waals surface area contributed by atoms with Crippen LogP contribution in [0.5, 0.6) is 0 Å². The van der Waals surface area contributed by atoms with Gasteiger partial charge in [0.2, 0.25) is 11.8 Å². The van der Waals surface area contributed by atoms with Gasteiger partial charge in [0.1, 0.15) is 0 Å². The monoisotopic (exact) mass is 401 g/mol. The fourth-order valence-corrected chi connectivity index (χ4v) is 3.63. The summed E-state index contributed by atoms with van der Waals surface area (Å²) in [6.07, 6.45) is 0. The van der Waals surface area contributed by atoms with Gasteiger partial charge in [-0.1, -0.05) is 52.7 Å². The third-order valence-electron chi connectivity index (χ3n) is 3.93. The van der Waals surface area contributed by atoms with Crippen LogP contribution in [0.3, 0.4) is 0 Å². The largest absolute Gasteiger partial charge is 0.411 e. The Hall–Kier alpha value is -2.31.